The zero-order valence-electron chi connectivity index (χ0n) is 9.57. The Balaban J connectivity index is 2.48. The van der Waals surface area contributed by atoms with Gasteiger partial charge in [-0.3, -0.25) is 9.20 Å². The average Bonchev–Trinajstić information content (AvgIpc) is 2.39. The number of aromatic carboxylic acids is 1. The first-order valence-electron chi connectivity index (χ1n) is 5.45. The molecule has 1 aromatic carbocycles. The second-order valence-electron chi connectivity index (χ2n) is 4.07. The van der Waals surface area contributed by atoms with Crippen molar-refractivity contribution in [2.24, 2.45) is 0 Å². The van der Waals surface area contributed by atoms with Crippen LogP contribution in [0.4, 0.5) is 0 Å². The second-order valence-corrected chi connectivity index (χ2v) is 4.07. The molecule has 2 heterocycles. The van der Waals surface area contributed by atoms with Crippen LogP contribution < -0.4 is 5.56 Å². The van der Waals surface area contributed by atoms with Gasteiger partial charge in [0.2, 0.25) is 0 Å². The third-order valence-electron chi connectivity index (χ3n) is 2.84. The highest BCUT2D eigenvalue weighted by Gasteiger charge is 2.09. The van der Waals surface area contributed by atoms with Crippen LogP contribution in [-0.2, 0) is 0 Å². The Kier molecular flexibility index (Phi) is 2.25. The monoisotopic (exact) mass is 256 g/mol. The topological polar surface area (TPSA) is 91.9 Å². The molecule has 6 nitrogen and oxygen atoms in total. The molecule has 0 unspecified atom stereocenters. The van der Waals surface area contributed by atoms with Crippen molar-refractivity contribution in [2.75, 3.05) is 0 Å². The van der Waals surface area contributed by atoms with Gasteiger partial charge >= 0.3 is 5.97 Å². The van der Waals surface area contributed by atoms with Crippen molar-refractivity contribution in [3.63, 3.8) is 0 Å². The highest BCUT2D eigenvalue weighted by Crippen LogP contribution is 2.16. The van der Waals surface area contributed by atoms with Gasteiger partial charge in [0.15, 0.2) is 0 Å². The van der Waals surface area contributed by atoms with Crippen molar-refractivity contribution < 1.29 is 15.0 Å². The lowest BCUT2D eigenvalue weighted by Gasteiger charge is -2.04. The van der Waals surface area contributed by atoms with Crippen molar-refractivity contribution in [2.45, 2.75) is 0 Å². The molecule has 2 N–H and O–H groups in total. The van der Waals surface area contributed by atoms with Crippen molar-refractivity contribution in [3.8, 4) is 5.75 Å². The molecule has 0 atom stereocenters. The van der Waals surface area contributed by atoms with Crippen LogP contribution in [0.1, 0.15) is 10.4 Å². The van der Waals surface area contributed by atoms with Crippen LogP contribution in [0.3, 0.4) is 0 Å². The summed E-state index contributed by atoms with van der Waals surface area (Å²) in [7, 11) is 0. The molecule has 3 rings (SSSR count). The number of fused-ring (bicyclic) bond motifs is 2. The fraction of sp³-hybridized carbons (Fsp3) is 0. The Morgan fingerprint density at radius 3 is 2.74 bits per heavy atom. The first-order chi connectivity index (χ1) is 9.06. The highest BCUT2D eigenvalue weighted by atomic mass is 16.4. The number of carbonyl (C=O) groups is 1. The Bertz CT molecular complexity index is 883. The molecule has 2 aromatic heterocycles. The molecular formula is C13H8N2O4. The number of benzene rings is 1. The number of carboxylic acids is 1. The van der Waals surface area contributed by atoms with Crippen LogP contribution in [0.25, 0.3) is 16.6 Å². The van der Waals surface area contributed by atoms with E-state index in [1.54, 1.807) is 0 Å². The van der Waals surface area contributed by atoms with Gasteiger partial charge in [-0.25, -0.2) is 9.78 Å². The average molecular weight is 256 g/mol. The van der Waals surface area contributed by atoms with E-state index in [-0.39, 0.29) is 16.7 Å². The third kappa shape index (κ3) is 1.70. The number of phenolic OH excluding ortho intramolecular Hbond substituents is 1. The molecule has 0 aliphatic rings. The largest absolute Gasteiger partial charge is 0.508 e. The van der Waals surface area contributed by atoms with E-state index in [9.17, 15) is 14.7 Å². The van der Waals surface area contributed by atoms with Crippen LogP contribution in [0.2, 0.25) is 0 Å². The number of pyridine rings is 1. The van der Waals surface area contributed by atoms with E-state index in [0.29, 0.717) is 11.2 Å². The minimum Gasteiger partial charge on any atom is -0.508 e. The van der Waals surface area contributed by atoms with Gasteiger partial charge in [-0.05, 0) is 30.3 Å². The van der Waals surface area contributed by atoms with E-state index < -0.39 is 11.5 Å². The van der Waals surface area contributed by atoms with Gasteiger partial charge in [0, 0.05) is 6.20 Å². The van der Waals surface area contributed by atoms with Gasteiger partial charge in [-0.1, -0.05) is 0 Å². The van der Waals surface area contributed by atoms with Crippen LogP contribution in [0.15, 0.2) is 41.3 Å². The Hall–Kier alpha value is -2.89. The molecule has 0 bridgehead atoms. The lowest BCUT2D eigenvalue weighted by atomic mass is 10.2. The smallest absolute Gasteiger partial charge is 0.337 e. The molecule has 6 heteroatoms. The summed E-state index contributed by atoms with van der Waals surface area (Å²) in [6, 6.07) is 7.14. The Morgan fingerprint density at radius 2 is 2.00 bits per heavy atom. The molecule has 19 heavy (non-hydrogen) atoms. The SMILES string of the molecule is O=C(O)c1ccc2nc3ccc(O)cc3c(=O)n2c1. The lowest BCUT2D eigenvalue weighted by Crippen LogP contribution is -2.16. The number of phenols is 1. The van der Waals surface area contributed by atoms with Gasteiger partial charge in [0.25, 0.3) is 5.56 Å². The zero-order chi connectivity index (χ0) is 13.6. The molecule has 0 fully saturated rings. The summed E-state index contributed by atoms with van der Waals surface area (Å²) in [6.45, 7) is 0. The predicted octanol–water partition coefficient (Wildman–Crippen LogP) is 1.25. The maximum absolute atomic E-state index is 12.2. The van der Waals surface area contributed by atoms with Crippen molar-refractivity contribution in [1.29, 1.82) is 0 Å². The van der Waals surface area contributed by atoms with Crippen LogP contribution in [-0.4, -0.2) is 25.6 Å². The van der Waals surface area contributed by atoms with E-state index in [1.165, 1.54) is 36.5 Å². The molecule has 0 aliphatic carbocycles. The number of nitrogens with zero attached hydrogens (tertiary/aromatic N) is 2. The standard InChI is InChI=1S/C13H8N2O4/c16-8-2-3-10-9(5-8)12(17)15-6-7(13(18)19)1-4-11(15)14-10/h1-6,16H,(H,18,19). The number of aromatic hydroxyl groups is 1. The van der Waals surface area contributed by atoms with Gasteiger partial charge in [-0.2, -0.15) is 0 Å². The molecule has 0 spiro atoms. The normalized spacial score (nSPS) is 10.9. The predicted molar refractivity (Wildman–Crippen MR) is 67.6 cm³/mol. The summed E-state index contributed by atoms with van der Waals surface area (Å²) in [6.07, 6.45) is 1.22. The van der Waals surface area contributed by atoms with Crippen LogP contribution in [0.5, 0.6) is 5.75 Å². The molecule has 94 valence electrons. The zero-order valence-corrected chi connectivity index (χ0v) is 9.57. The van der Waals surface area contributed by atoms with Crippen molar-refractivity contribution in [1.82, 2.24) is 9.38 Å². The minimum atomic E-state index is -1.12. The number of hydrogen-bond donors (Lipinski definition) is 2. The van der Waals surface area contributed by atoms with Crippen LogP contribution >= 0.6 is 0 Å². The van der Waals surface area contributed by atoms with E-state index in [4.69, 9.17) is 5.11 Å². The summed E-state index contributed by atoms with van der Waals surface area (Å²) in [4.78, 5) is 27.4. The maximum Gasteiger partial charge on any atom is 0.337 e. The molecule has 0 saturated heterocycles. The van der Waals surface area contributed by atoms with E-state index in [2.05, 4.69) is 4.98 Å². The maximum atomic E-state index is 12.2. The minimum absolute atomic E-state index is 0.00379. The first-order valence-corrected chi connectivity index (χ1v) is 5.45. The van der Waals surface area contributed by atoms with Gasteiger partial charge < -0.3 is 10.2 Å². The van der Waals surface area contributed by atoms with E-state index in [0.717, 1.165) is 4.40 Å². The Labute approximate surface area is 106 Å². The first kappa shape index (κ1) is 11.2. The van der Waals surface area contributed by atoms with E-state index >= 15 is 0 Å². The molecule has 0 saturated carbocycles. The highest BCUT2D eigenvalue weighted by molar-refractivity contribution is 5.88. The third-order valence-corrected chi connectivity index (χ3v) is 2.84. The number of rotatable bonds is 1. The van der Waals surface area contributed by atoms with Gasteiger partial charge in [-0.15, -0.1) is 0 Å². The fourth-order valence-electron chi connectivity index (χ4n) is 1.92. The molecule has 3 aromatic rings. The molecule has 0 aliphatic heterocycles. The van der Waals surface area contributed by atoms with E-state index in [1.807, 2.05) is 0 Å². The van der Waals surface area contributed by atoms with Crippen molar-refractivity contribution in [3.05, 3.63) is 52.4 Å². The molecule has 0 amide bonds. The van der Waals surface area contributed by atoms with Gasteiger partial charge in [0.05, 0.1) is 16.5 Å². The number of hydrogen-bond acceptors (Lipinski definition) is 4. The van der Waals surface area contributed by atoms with Gasteiger partial charge in [0.1, 0.15) is 11.4 Å². The fourth-order valence-corrected chi connectivity index (χ4v) is 1.92. The summed E-state index contributed by atoms with van der Waals surface area (Å²) in [5, 5.41) is 18.6. The lowest BCUT2D eigenvalue weighted by molar-refractivity contribution is 0.0696. The quantitative estimate of drug-likeness (QED) is 0.639. The summed E-state index contributed by atoms with van der Waals surface area (Å²) in [5.74, 6) is -1.16. The second kappa shape index (κ2) is 3.81. The number of aromatic nitrogens is 2. The summed E-state index contributed by atoms with van der Waals surface area (Å²) < 4.78 is 1.16. The molecular weight excluding hydrogens is 248 g/mol. The molecule has 0 radical (unpaired) electrons. The summed E-state index contributed by atoms with van der Waals surface area (Å²) in [5.41, 5.74) is 0.383. The summed E-state index contributed by atoms with van der Waals surface area (Å²) >= 11 is 0. The number of carboxylic acid groups (broad SMARTS) is 1. The van der Waals surface area contributed by atoms with Crippen LogP contribution in [0, 0.1) is 0 Å². The Morgan fingerprint density at radius 1 is 1.21 bits per heavy atom. The van der Waals surface area contributed by atoms with Crippen molar-refractivity contribution >= 4 is 22.5 Å².